The zero-order valence-electron chi connectivity index (χ0n) is 17.7. The van der Waals surface area contributed by atoms with E-state index in [1.807, 2.05) is 6.07 Å². The fourth-order valence-electron chi connectivity index (χ4n) is 3.72. The Hall–Kier alpha value is -4.36. The predicted molar refractivity (Wildman–Crippen MR) is 130 cm³/mol. The summed E-state index contributed by atoms with van der Waals surface area (Å²) in [6.07, 6.45) is 4.91. The first-order chi connectivity index (χ1) is 16.5. The molecule has 0 unspecified atom stereocenters. The summed E-state index contributed by atoms with van der Waals surface area (Å²) in [6, 6.07) is 17.5. The van der Waals surface area contributed by atoms with Gasteiger partial charge in [0.05, 0.1) is 11.8 Å². The molecule has 0 saturated heterocycles. The quantitative estimate of drug-likeness (QED) is 0.304. The molecule has 2 aromatic heterocycles. The highest BCUT2D eigenvalue weighted by Crippen LogP contribution is 2.30. The van der Waals surface area contributed by atoms with Crippen molar-refractivity contribution in [2.75, 3.05) is 6.61 Å². The van der Waals surface area contributed by atoms with Crippen LogP contribution in [0.2, 0.25) is 5.02 Å². The number of amides is 1. The normalized spacial score (nSPS) is 11.0. The molecule has 168 valence electrons. The number of nitrogens with zero attached hydrogens (tertiary/aromatic N) is 1. The highest BCUT2D eigenvalue weighted by atomic mass is 35.5. The smallest absolute Gasteiger partial charge is 0.252 e. The Morgan fingerprint density at radius 1 is 0.971 bits per heavy atom. The van der Waals surface area contributed by atoms with Crippen molar-refractivity contribution in [3.05, 3.63) is 95.4 Å². The number of aromatic nitrogens is 2. The van der Waals surface area contributed by atoms with E-state index in [-0.39, 0.29) is 23.7 Å². The summed E-state index contributed by atoms with van der Waals surface area (Å²) in [7, 11) is 0. The summed E-state index contributed by atoms with van der Waals surface area (Å²) in [5.74, 6) is 0.556. The van der Waals surface area contributed by atoms with Crippen LogP contribution < -0.4 is 15.2 Å². The molecule has 34 heavy (non-hydrogen) atoms. The third-order valence-electron chi connectivity index (χ3n) is 5.35. The van der Waals surface area contributed by atoms with Gasteiger partial charge in [-0.1, -0.05) is 17.7 Å². The average Bonchev–Trinajstić information content (AvgIpc) is 3.26. The number of hydrogen-bond acceptors (Lipinski definition) is 5. The largest absolute Gasteiger partial charge is 0.485 e. The van der Waals surface area contributed by atoms with E-state index >= 15 is 0 Å². The average molecular weight is 472 g/mol. The molecule has 0 atom stereocenters. The van der Waals surface area contributed by atoms with Gasteiger partial charge in [-0.3, -0.25) is 14.6 Å². The van der Waals surface area contributed by atoms with Gasteiger partial charge in [-0.2, -0.15) is 0 Å². The molecule has 0 fully saturated rings. The molecular weight excluding hydrogens is 454 g/mol. The van der Waals surface area contributed by atoms with E-state index in [1.165, 1.54) is 0 Å². The lowest BCUT2D eigenvalue weighted by Gasteiger charge is -2.11. The number of benzene rings is 3. The van der Waals surface area contributed by atoms with E-state index in [0.717, 1.165) is 21.7 Å². The molecular formula is C26H18ClN3O4. The second-order valence-electron chi connectivity index (χ2n) is 7.62. The Balaban J connectivity index is 1.37. The van der Waals surface area contributed by atoms with Crippen LogP contribution in [0.4, 0.5) is 0 Å². The first kappa shape index (κ1) is 21.5. The van der Waals surface area contributed by atoms with Crippen molar-refractivity contribution in [1.82, 2.24) is 9.97 Å². The molecule has 3 aromatic carbocycles. The van der Waals surface area contributed by atoms with Gasteiger partial charge in [-0.15, -0.1) is 0 Å². The van der Waals surface area contributed by atoms with Crippen LogP contribution in [0.5, 0.6) is 17.2 Å². The summed E-state index contributed by atoms with van der Waals surface area (Å²) in [6.45, 7) is -0.264. The number of nitrogens with two attached hydrogens (primary N) is 1. The minimum absolute atomic E-state index is 0.179. The summed E-state index contributed by atoms with van der Waals surface area (Å²) in [4.78, 5) is 32.0. The van der Waals surface area contributed by atoms with Crippen molar-refractivity contribution in [2.45, 2.75) is 0 Å². The molecule has 7 nitrogen and oxygen atoms in total. The summed E-state index contributed by atoms with van der Waals surface area (Å²) in [5.41, 5.74) is 6.92. The molecule has 0 aliphatic rings. The number of nitrogens with one attached hydrogen (secondary N) is 1. The molecule has 5 aromatic rings. The van der Waals surface area contributed by atoms with Crippen molar-refractivity contribution in [3.8, 4) is 17.2 Å². The van der Waals surface area contributed by atoms with Crippen LogP contribution in [0.25, 0.3) is 21.7 Å². The van der Waals surface area contributed by atoms with E-state index in [4.69, 9.17) is 26.8 Å². The molecule has 0 aliphatic carbocycles. The Kier molecular flexibility index (Phi) is 5.61. The lowest BCUT2D eigenvalue weighted by Crippen LogP contribution is -2.16. The van der Waals surface area contributed by atoms with Crippen LogP contribution in [0.3, 0.4) is 0 Å². The number of ketones is 1. The number of rotatable bonds is 7. The van der Waals surface area contributed by atoms with Gasteiger partial charge in [0.25, 0.3) is 5.91 Å². The van der Waals surface area contributed by atoms with Crippen molar-refractivity contribution < 1.29 is 19.1 Å². The van der Waals surface area contributed by atoms with Crippen LogP contribution in [-0.2, 0) is 0 Å². The topological polar surface area (TPSA) is 107 Å². The van der Waals surface area contributed by atoms with Crippen LogP contribution in [-0.4, -0.2) is 28.3 Å². The number of primary amides is 1. The first-order valence-electron chi connectivity index (χ1n) is 10.4. The number of Topliss-reactive ketones (excluding diaryl/α,β-unsaturated/α-hetero) is 1. The van der Waals surface area contributed by atoms with E-state index in [0.29, 0.717) is 22.1 Å². The van der Waals surface area contributed by atoms with Crippen LogP contribution in [0.15, 0.2) is 79.3 Å². The predicted octanol–water partition coefficient (Wildman–Crippen LogP) is 5.52. The Morgan fingerprint density at radius 2 is 1.85 bits per heavy atom. The number of aromatic amines is 1. The molecule has 8 heteroatoms. The number of hydrogen-bond donors (Lipinski definition) is 2. The summed E-state index contributed by atoms with van der Waals surface area (Å²) in [5, 5.41) is 2.83. The monoisotopic (exact) mass is 471 g/mol. The lowest BCUT2D eigenvalue weighted by molar-refractivity contribution is 0.0914. The van der Waals surface area contributed by atoms with Crippen molar-refractivity contribution in [2.24, 2.45) is 5.73 Å². The van der Waals surface area contributed by atoms with Crippen molar-refractivity contribution in [3.63, 3.8) is 0 Å². The molecule has 1 amide bonds. The molecule has 0 spiro atoms. The van der Waals surface area contributed by atoms with E-state index < -0.39 is 5.91 Å². The molecule has 0 aliphatic heterocycles. The maximum atomic E-state index is 12.9. The SMILES string of the molecule is NC(=O)c1cc2cc(Cl)ccc2cc1OCC(=O)c1c[nH]c2cc(Oc3cccnc3)ccc12. The molecule has 2 heterocycles. The van der Waals surface area contributed by atoms with Crippen LogP contribution >= 0.6 is 11.6 Å². The van der Waals surface area contributed by atoms with Gasteiger partial charge >= 0.3 is 0 Å². The van der Waals surface area contributed by atoms with E-state index in [2.05, 4.69) is 9.97 Å². The van der Waals surface area contributed by atoms with Gasteiger partial charge < -0.3 is 20.2 Å². The van der Waals surface area contributed by atoms with E-state index in [1.54, 1.807) is 73.2 Å². The number of H-pyrrole nitrogens is 1. The number of halogens is 1. The van der Waals surface area contributed by atoms with Crippen molar-refractivity contribution in [1.29, 1.82) is 0 Å². The van der Waals surface area contributed by atoms with Gasteiger partial charge in [0.1, 0.15) is 17.2 Å². The van der Waals surface area contributed by atoms with Gasteiger partial charge in [0, 0.05) is 39.9 Å². The minimum Gasteiger partial charge on any atom is -0.485 e. The third-order valence-corrected chi connectivity index (χ3v) is 5.58. The second-order valence-corrected chi connectivity index (χ2v) is 8.05. The fourth-order valence-corrected chi connectivity index (χ4v) is 3.90. The van der Waals surface area contributed by atoms with Gasteiger partial charge in [-0.05, 0) is 59.3 Å². The Labute approximate surface area is 199 Å². The molecule has 3 N–H and O–H groups in total. The zero-order chi connectivity index (χ0) is 23.7. The third kappa shape index (κ3) is 4.29. The first-order valence-corrected chi connectivity index (χ1v) is 10.7. The van der Waals surface area contributed by atoms with Gasteiger partial charge in [0.15, 0.2) is 6.61 Å². The van der Waals surface area contributed by atoms with Crippen LogP contribution in [0, 0.1) is 0 Å². The van der Waals surface area contributed by atoms with Crippen LogP contribution in [0.1, 0.15) is 20.7 Å². The molecule has 0 saturated carbocycles. The van der Waals surface area contributed by atoms with E-state index in [9.17, 15) is 9.59 Å². The lowest BCUT2D eigenvalue weighted by atomic mass is 10.1. The molecule has 0 radical (unpaired) electrons. The summed E-state index contributed by atoms with van der Waals surface area (Å²) >= 11 is 6.04. The maximum Gasteiger partial charge on any atom is 0.252 e. The maximum absolute atomic E-state index is 12.9. The van der Waals surface area contributed by atoms with Gasteiger partial charge in [-0.25, -0.2) is 0 Å². The zero-order valence-corrected chi connectivity index (χ0v) is 18.5. The Morgan fingerprint density at radius 3 is 2.65 bits per heavy atom. The number of carbonyl (C=O) groups is 2. The highest BCUT2D eigenvalue weighted by molar-refractivity contribution is 6.31. The minimum atomic E-state index is -0.655. The second kappa shape index (κ2) is 8.88. The number of fused-ring (bicyclic) bond motifs is 2. The number of ether oxygens (including phenoxy) is 2. The fraction of sp³-hybridized carbons (Fsp3) is 0.0385. The summed E-state index contributed by atoms with van der Waals surface area (Å²) < 4.78 is 11.5. The number of pyridine rings is 1. The highest BCUT2D eigenvalue weighted by Gasteiger charge is 2.17. The van der Waals surface area contributed by atoms with Gasteiger partial charge in [0.2, 0.25) is 5.78 Å². The standard InChI is InChI=1S/C26H18ClN3O4/c27-17-4-3-15-10-25(21(26(28)32)9-16(15)8-17)33-14-24(31)22-13-30-23-11-18(5-6-20(22)23)34-19-2-1-7-29-12-19/h1-13,30H,14H2,(H2,28,32). The molecule has 5 rings (SSSR count). The van der Waals surface area contributed by atoms with Crippen molar-refractivity contribution >= 4 is 45.0 Å². The Bertz CT molecular complexity index is 1550. The number of carbonyl (C=O) groups excluding carboxylic acids is 2. The molecule has 0 bridgehead atoms.